The molecule has 0 aliphatic rings. The molecule has 0 aromatic carbocycles. The van der Waals surface area contributed by atoms with Gasteiger partial charge in [-0.2, -0.15) is 0 Å². The van der Waals surface area contributed by atoms with Gasteiger partial charge in [-0.1, -0.05) is 6.55 Å². The summed E-state index contributed by atoms with van der Waals surface area (Å²) in [4.78, 5) is 0. The molecule has 0 aliphatic heterocycles. The molecule has 0 rings (SSSR count). The molecule has 0 aliphatic carbocycles. The molecule has 18 heavy (non-hydrogen) atoms. The third-order valence-corrected chi connectivity index (χ3v) is 15.3. The monoisotopic (exact) mass is 362 g/mol. The van der Waals surface area contributed by atoms with Gasteiger partial charge in [0.2, 0.25) is 9.76 Å². The smallest absolute Gasteiger partial charge is 0.346 e. The summed E-state index contributed by atoms with van der Waals surface area (Å²) in [5.74, 6) is 0. The zero-order valence-corrected chi connectivity index (χ0v) is 19.6. The molecule has 6 nitrogen and oxygen atoms in total. The summed E-state index contributed by atoms with van der Waals surface area (Å²) in [6, 6.07) is 0. The molecule has 0 saturated heterocycles. The summed E-state index contributed by atoms with van der Waals surface area (Å²) in [5.41, 5.74) is 0. The highest BCUT2D eigenvalue weighted by Crippen LogP contribution is 2.01. The molecule has 0 spiro atoms. The minimum absolute atomic E-state index is 0.374. The predicted molar refractivity (Wildman–Crippen MR) is 87.4 cm³/mol. The molecule has 12 heteroatoms. The lowest BCUT2D eigenvalue weighted by Gasteiger charge is -2.23. The van der Waals surface area contributed by atoms with E-state index in [0.717, 1.165) is 0 Å². The molecule has 4 atom stereocenters. The van der Waals surface area contributed by atoms with E-state index in [4.69, 9.17) is 25.6 Å². The minimum Gasteiger partial charge on any atom is -0.444 e. The second kappa shape index (κ2) is 11.9. The first kappa shape index (κ1) is 19.1. The molecule has 0 aromatic heterocycles. The fourth-order valence-corrected chi connectivity index (χ4v) is 13.9. The van der Waals surface area contributed by atoms with Gasteiger partial charge in [0.25, 0.3) is 27.9 Å². The van der Waals surface area contributed by atoms with Gasteiger partial charge >= 0.3 is 9.28 Å². The lowest BCUT2D eigenvalue weighted by molar-refractivity contribution is -0.117. The van der Waals surface area contributed by atoms with Crippen molar-refractivity contribution in [1.29, 1.82) is 0 Å². The molecule has 0 amide bonds. The first-order valence-corrected chi connectivity index (χ1v) is 18.7. The molecular formula is C6H26O6Si6. The topological polar surface area (TPSA) is 55.4 Å². The van der Waals surface area contributed by atoms with E-state index in [9.17, 15) is 0 Å². The minimum atomic E-state index is -1.68. The van der Waals surface area contributed by atoms with Crippen LogP contribution in [0.5, 0.6) is 0 Å². The van der Waals surface area contributed by atoms with Crippen molar-refractivity contribution in [2.24, 2.45) is 0 Å². The third-order valence-electron chi connectivity index (χ3n) is 1.87. The van der Waals surface area contributed by atoms with Crippen LogP contribution in [0.3, 0.4) is 0 Å². The van der Waals surface area contributed by atoms with Gasteiger partial charge < -0.3 is 21.0 Å². The molecule has 0 radical (unpaired) electrons. The van der Waals surface area contributed by atoms with Crippen molar-refractivity contribution in [2.45, 2.75) is 39.3 Å². The second-order valence-corrected chi connectivity index (χ2v) is 14.4. The largest absolute Gasteiger partial charge is 0.444 e. The maximum Gasteiger partial charge on any atom is 0.346 e. The van der Waals surface area contributed by atoms with E-state index in [1.54, 1.807) is 0 Å². The highest BCUT2D eigenvalue weighted by molar-refractivity contribution is 6.67. The van der Waals surface area contributed by atoms with E-state index in [0.29, 0.717) is 0 Å². The summed E-state index contributed by atoms with van der Waals surface area (Å²) >= 11 is 0. The van der Waals surface area contributed by atoms with Crippen molar-refractivity contribution in [2.75, 3.05) is 0 Å². The lowest BCUT2D eigenvalue weighted by atomic mass is 11.9. The number of hydrogen-bond acceptors (Lipinski definition) is 6. The van der Waals surface area contributed by atoms with Gasteiger partial charge in [-0.3, -0.25) is 4.58 Å². The average Bonchev–Trinajstić information content (AvgIpc) is 2.25. The fourth-order valence-electron chi connectivity index (χ4n) is 1.33. The van der Waals surface area contributed by atoms with Crippen molar-refractivity contribution < 1.29 is 25.6 Å². The van der Waals surface area contributed by atoms with Gasteiger partial charge in [-0.25, -0.2) is 0 Å². The highest BCUT2D eigenvalue weighted by Gasteiger charge is 2.20. The maximum atomic E-state index is 5.83. The van der Waals surface area contributed by atoms with Gasteiger partial charge in [0.05, 0.1) is 0 Å². The van der Waals surface area contributed by atoms with Crippen molar-refractivity contribution in [3.8, 4) is 0 Å². The summed E-state index contributed by atoms with van der Waals surface area (Å²) in [6.07, 6.45) is 0. The number of hydrogen-bond donors (Lipinski definition) is 0. The first-order valence-electron chi connectivity index (χ1n) is 6.35. The van der Waals surface area contributed by atoms with E-state index in [2.05, 4.69) is 13.1 Å². The predicted octanol–water partition coefficient (Wildman–Crippen LogP) is -1.33. The van der Waals surface area contributed by atoms with E-state index >= 15 is 0 Å². The molecule has 110 valence electrons. The summed E-state index contributed by atoms with van der Waals surface area (Å²) in [5, 5.41) is 0. The maximum absolute atomic E-state index is 5.83. The van der Waals surface area contributed by atoms with Crippen molar-refractivity contribution in [3.05, 3.63) is 0 Å². The molecule has 0 aromatic rings. The van der Waals surface area contributed by atoms with Crippen LogP contribution in [0.2, 0.25) is 39.3 Å². The molecule has 4 unspecified atom stereocenters. The van der Waals surface area contributed by atoms with Gasteiger partial charge in [-0.15, -0.1) is 0 Å². The Morgan fingerprint density at radius 3 is 1.67 bits per heavy atom. The SMILES string of the molecule is C[SiH2]OO[SiH](C)O[SiH](C)O[SiH](C)O[SiH](C)O[SiH2]C. The van der Waals surface area contributed by atoms with E-state index < -0.39 is 46.9 Å². The van der Waals surface area contributed by atoms with Crippen LogP contribution in [0.25, 0.3) is 0 Å². The third kappa shape index (κ3) is 10.9. The Balaban J connectivity index is 3.75. The van der Waals surface area contributed by atoms with Gasteiger partial charge in [0.1, 0.15) is 9.76 Å². The second-order valence-electron chi connectivity index (χ2n) is 3.64. The Kier molecular flexibility index (Phi) is 12.6. The molecule has 0 heterocycles. The average molecular weight is 363 g/mol. The molecule has 0 fully saturated rings. The Hall–Kier alpha value is 1.06. The van der Waals surface area contributed by atoms with E-state index in [1.165, 1.54) is 0 Å². The van der Waals surface area contributed by atoms with Gasteiger partial charge in [0, 0.05) is 0 Å². The van der Waals surface area contributed by atoms with E-state index in [-0.39, 0.29) is 9.76 Å². The van der Waals surface area contributed by atoms with Crippen LogP contribution >= 0.6 is 0 Å². The molecule has 0 N–H and O–H groups in total. The van der Waals surface area contributed by atoms with Crippen LogP contribution in [0.4, 0.5) is 0 Å². The highest BCUT2D eigenvalue weighted by atomic mass is 28.4. The van der Waals surface area contributed by atoms with Gasteiger partial charge in [0.15, 0.2) is 0 Å². The fraction of sp³-hybridized carbons (Fsp3) is 1.00. The Labute approximate surface area is 121 Å². The Morgan fingerprint density at radius 1 is 0.667 bits per heavy atom. The molecule has 0 bridgehead atoms. The summed E-state index contributed by atoms with van der Waals surface area (Å²) in [7, 11) is -7.28. The van der Waals surface area contributed by atoms with Crippen molar-refractivity contribution in [1.82, 2.24) is 0 Å². The Bertz CT molecular complexity index is 201. The molecular weight excluding hydrogens is 337 g/mol. The van der Waals surface area contributed by atoms with Crippen LogP contribution < -0.4 is 0 Å². The van der Waals surface area contributed by atoms with Crippen LogP contribution in [0, 0.1) is 0 Å². The summed E-state index contributed by atoms with van der Waals surface area (Å²) < 4.78 is 33.1. The van der Waals surface area contributed by atoms with Crippen LogP contribution in [-0.2, 0) is 25.6 Å². The zero-order valence-electron chi connectivity index (χ0n) is 12.2. The molecule has 0 saturated carbocycles. The normalized spacial score (nSPS) is 19.7. The lowest BCUT2D eigenvalue weighted by Crippen LogP contribution is -2.38. The van der Waals surface area contributed by atoms with Crippen molar-refractivity contribution >= 4 is 56.7 Å². The quantitative estimate of drug-likeness (QED) is 0.258. The first-order chi connectivity index (χ1) is 8.49. The standard InChI is InChI=1S/C6H26O6Si6/c1-13-7-8-15(3)10-17(5)12-18(6)11-16(4)9-14-2/h15-18H,13-14H2,1-6H3. The zero-order chi connectivity index (χ0) is 14.0. The van der Waals surface area contributed by atoms with Crippen LogP contribution in [0.1, 0.15) is 0 Å². The van der Waals surface area contributed by atoms with Crippen LogP contribution in [-0.4, -0.2) is 56.7 Å². The summed E-state index contributed by atoms with van der Waals surface area (Å²) in [6.45, 7) is 12.2. The number of rotatable bonds is 11. The van der Waals surface area contributed by atoms with Crippen molar-refractivity contribution in [3.63, 3.8) is 0 Å². The Morgan fingerprint density at radius 2 is 1.17 bits per heavy atom. The van der Waals surface area contributed by atoms with E-state index in [1.807, 2.05) is 26.2 Å². The van der Waals surface area contributed by atoms with Gasteiger partial charge in [-0.05, 0) is 32.7 Å². The van der Waals surface area contributed by atoms with Crippen LogP contribution in [0.15, 0.2) is 0 Å².